The third-order valence-electron chi connectivity index (χ3n) is 5.91. The van der Waals surface area contributed by atoms with Gasteiger partial charge in [-0.1, -0.05) is 23.2 Å². The van der Waals surface area contributed by atoms with Crippen LogP contribution in [-0.4, -0.2) is 51.7 Å². The van der Waals surface area contributed by atoms with Gasteiger partial charge >= 0.3 is 5.97 Å². The number of nitrogens with one attached hydrogen (secondary N) is 1. The van der Waals surface area contributed by atoms with Crippen LogP contribution >= 0.6 is 23.2 Å². The highest BCUT2D eigenvalue weighted by Crippen LogP contribution is 2.34. The Kier molecular flexibility index (Phi) is 6.53. The van der Waals surface area contributed by atoms with E-state index in [4.69, 9.17) is 33.3 Å². The second kappa shape index (κ2) is 9.34. The maximum atomic E-state index is 12.4. The number of carboxylic acid groups (broad SMARTS) is 1. The number of amides is 1. The summed E-state index contributed by atoms with van der Waals surface area (Å²) < 4.78 is 1.88. The van der Waals surface area contributed by atoms with Gasteiger partial charge in [0.2, 0.25) is 5.91 Å². The zero-order valence-corrected chi connectivity index (χ0v) is 19.0. The molecule has 2 aromatic heterocycles. The summed E-state index contributed by atoms with van der Waals surface area (Å²) in [7, 11) is 1.88. The molecule has 2 unspecified atom stereocenters. The summed E-state index contributed by atoms with van der Waals surface area (Å²) in [5.41, 5.74) is 1.45. The highest BCUT2D eigenvalue weighted by Gasteiger charge is 2.33. The van der Waals surface area contributed by atoms with Gasteiger partial charge < -0.3 is 19.9 Å². The number of hydrogen-bond donors (Lipinski definition) is 2. The summed E-state index contributed by atoms with van der Waals surface area (Å²) in [6.45, 7) is 0.924. The second-order valence-corrected chi connectivity index (χ2v) is 8.77. The molecule has 0 spiro atoms. The predicted molar refractivity (Wildman–Crippen MR) is 124 cm³/mol. The largest absolute Gasteiger partial charge is 0.481 e. The van der Waals surface area contributed by atoms with Crippen LogP contribution in [0.2, 0.25) is 10.0 Å². The number of nitrogens with zero attached hydrogens (tertiary/aromatic N) is 4. The molecule has 1 saturated carbocycles. The molecule has 10 heteroatoms. The van der Waals surface area contributed by atoms with Gasteiger partial charge in [0.25, 0.3) is 0 Å². The highest BCUT2D eigenvalue weighted by atomic mass is 35.5. The number of benzene rings is 1. The number of carbonyl (C=O) groups excluding carboxylic acids is 1. The Morgan fingerprint density at radius 2 is 2.06 bits per heavy atom. The van der Waals surface area contributed by atoms with Crippen LogP contribution in [0.3, 0.4) is 0 Å². The first-order valence-electron chi connectivity index (χ1n) is 10.3. The van der Waals surface area contributed by atoms with Crippen molar-refractivity contribution in [3.63, 3.8) is 0 Å². The molecule has 2 N–H and O–H groups in total. The number of rotatable bonds is 7. The minimum absolute atomic E-state index is 0.0949. The van der Waals surface area contributed by atoms with E-state index in [9.17, 15) is 9.59 Å². The van der Waals surface area contributed by atoms with Gasteiger partial charge in [-0.05, 0) is 31.4 Å². The van der Waals surface area contributed by atoms with E-state index in [0.717, 1.165) is 11.1 Å². The molecule has 8 nitrogen and oxygen atoms in total. The number of hydrogen-bond acceptors (Lipinski definition) is 5. The van der Waals surface area contributed by atoms with Crippen LogP contribution in [0.5, 0.6) is 0 Å². The molecule has 1 aromatic carbocycles. The summed E-state index contributed by atoms with van der Waals surface area (Å²) in [5.74, 6) is -0.911. The number of carbonyl (C=O) groups is 2. The number of halogens is 2. The fourth-order valence-corrected chi connectivity index (χ4v) is 4.42. The molecule has 1 amide bonds. The van der Waals surface area contributed by atoms with Gasteiger partial charge in [-0.2, -0.15) is 0 Å². The molecule has 1 aliphatic rings. The molecule has 1 aliphatic carbocycles. The van der Waals surface area contributed by atoms with E-state index in [0.29, 0.717) is 53.7 Å². The molecule has 0 aliphatic heterocycles. The lowest BCUT2D eigenvalue weighted by molar-refractivity contribution is -0.141. The van der Waals surface area contributed by atoms with Crippen LogP contribution < -0.4 is 10.2 Å². The Balaban J connectivity index is 1.49. The van der Waals surface area contributed by atoms with Crippen molar-refractivity contribution in [3.05, 3.63) is 47.0 Å². The molecule has 2 atom stereocenters. The first kappa shape index (κ1) is 22.4. The van der Waals surface area contributed by atoms with Crippen molar-refractivity contribution in [2.75, 3.05) is 25.0 Å². The van der Waals surface area contributed by atoms with Crippen molar-refractivity contribution in [1.29, 1.82) is 0 Å². The Morgan fingerprint density at radius 1 is 1.28 bits per heavy atom. The van der Waals surface area contributed by atoms with Crippen molar-refractivity contribution in [2.45, 2.75) is 19.3 Å². The summed E-state index contributed by atoms with van der Waals surface area (Å²) in [4.78, 5) is 34.3. The number of aliphatic carboxylic acids is 1. The fourth-order valence-electron chi connectivity index (χ4n) is 4.06. The molecule has 0 bridgehead atoms. The van der Waals surface area contributed by atoms with Crippen LogP contribution in [0.15, 0.2) is 36.9 Å². The molecule has 3 aromatic rings. The van der Waals surface area contributed by atoms with Crippen LogP contribution in [-0.2, 0) is 9.59 Å². The molecular formula is C22H23Cl2N5O3. The molecule has 32 heavy (non-hydrogen) atoms. The van der Waals surface area contributed by atoms with E-state index in [1.807, 2.05) is 34.8 Å². The SMILES string of the molecule is CN(CCNC(=O)C1CCC(C(=O)O)C1)c1cc(-n2ccnc2)c2ccc(Cl)c(Cl)c2n1. The van der Waals surface area contributed by atoms with Crippen LogP contribution in [0.25, 0.3) is 16.6 Å². The number of aromatic nitrogens is 3. The molecule has 0 radical (unpaired) electrons. The van der Waals surface area contributed by atoms with Crippen LogP contribution in [0, 0.1) is 11.8 Å². The zero-order chi connectivity index (χ0) is 22.8. The summed E-state index contributed by atoms with van der Waals surface area (Å²) >= 11 is 12.7. The van der Waals surface area contributed by atoms with Gasteiger partial charge in [0, 0.05) is 49.9 Å². The normalized spacial score (nSPS) is 18.1. The quantitative estimate of drug-likeness (QED) is 0.539. The molecule has 0 saturated heterocycles. The summed E-state index contributed by atoms with van der Waals surface area (Å²) in [5, 5.41) is 13.7. The number of anilines is 1. The molecule has 4 rings (SSSR count). The lowest BCUT2D eigenvalue weighted by atomic mass is 10.0. The first-order chi connectivity index (χ1) is 15.3. The molecule has 168 valence electrons. The maximum Gasteiger partial charge on any atom is 0.306 e. The topological polar surface area (TPSA) is 100 Å². The second-order valence-electron chi connectivity index (χ2n) is 7.98. The lowest BCUT2D eigenvalue weighted by Gasteiger charge is -2.21. The van der Waals surface area contributed by atoms with Gasteiger partial charge in [-0.15, -0.1) is 0 Å². The van der Waals surface area contributed by atoms with Gasteiger partial charge in [-0.3, -0.25) is 9.59 Å². The van der Waals surface area contributed by atoms with Gasteiger partial charge in [0.05, 0.1) is 33.5 Å². The standard InChI is InChI=1S/C22H23Cl2N5O3/c1-28(8-7-26-21(30)13-2-3-14(10-13)22(31)32)18-11-17(29-9-6-25-12-29)15-4-5-16(23)19(24)20(15)27-18/h4-6,9,11-14H,2-3,7-8,10H2,1H3,(H,26,30)(H,31,32). The highest BCUT2D eigenvalue weighted by molar-refractivity contribution is 6.45. The van der Waals surface area contributed by atoms with Gasteiger partial charge in [0.1, 0.15) is 5.82 Å². The Bertz CT molecular complexity index is 1150. The number of carboxylic acids is 1. The monoisotopic (exact) mass is 475 g/mol. The van der Waals surface area contributed by atoms with Crippen LogP contribution in [0.1, 0.15) is 19.3 Å². The number of imidazole rings is 1. The Labute approximate surface area is 195 Å². The summed E-state index contributed by atoms with van der Waals surface area (Å²) in [6, 6.07) is 5.55. The third-order valence-corrected chi connectivity index (χ3v) is 6.70. The summed E-state index contributed by atoms with van der Waals surface area (Å²) in [6.07, 6.45) is 6.80. The van der Waals surface area contributed by atoms with E-state index in [2.05, 4.69) is 10.3 Å². The van der Waals surface area contributed by atoms with Crippen molar-refractivity contribution in [1.82, 2.24) is 19.9 Å². The van der Waals surface area contributed by atoms with E-state index < -0.39 is 11.9 Å². The smallest absolute Gasteiger partial charge is 0.306 e. The van der Waals surface area contributed by atoms with E-state index >= 15 is 0 Å². The maximum absolute atomic E-state index is 12.4. The first-order valence-corrected chi connectivity index (χ1v) is 11.1. The van der Waals surface area contributed by atoms with E-state index in [-0.39, 0.29) is 11.8 Å². The zero-order valence-electron chi connectivity index (χ0n) is 17.5. The Morgan fingerprint density at radius 3 is 2.75 bits per heavy atom. The van der Waals surface area contributed by atoms with Crippen molar-refractivity contribution < 1.29 is 14.7 Å². The lowest BCUT2D eigenvalue weighted by Crippen LogP contribution is -2.36. The Hall–Kier alpha value is -2.84. The number of likely N-dealkylation sites (N-methyl/N-ethyl adjacent to an activating group) is 1. The minimum Gasteiger partial charge on any atom is -0.481 e. The van der Waals surface area contributed by atoms with Gasteiger partial charge in [-0.25, -0.2) is 9.97 Å². The fraction of sp³-hybridized carbons (Fsp3) is 0.364. The van der Waals surface area contributed by atoms with Crippen molar-refractivity contribution in [3.8, 4) is 5.69 Å². The number of fused-ring (bicyclic) bond motifs is 1. The average molecular weight is 476 g/mol. The molecule has 1 fully saturated rings. The van der Waals surface area contributed by atoms with Gasteiger partial charge in [0.15, 0.2) is 0 Å². The molecule has 2 heterocycles. The molecular weight excluding hydrogens is 453 g/mol. The van der Waals surface area contributed by atoms with E-state index in [1.165, 1.54) is 0 Å². The number of pyridine rings is 1. The predicted octanol–water partition coefficient (Wildman–Crippen LogP) is 3.78. The minimum atomic E-state index is -0.824. The van der Waals surface area contributed by atoms with E-state index in [1.54, 1.807) is 18.6 Å². The van der Waals surface area contributed by atoms with Crippen molar-refractivity contribution >= 4 is 51.8 Å². The average Bonchev–Trinajstić information content (AvgIpc) is 3.48. The van der Waals surface area contributed by atoms with Crippen molar-refractivity contribution in [2.24, 2.45) is 11.8 Å². The third kappa shape index (κ3) is 4.52. The van der Waals surface area contributed by atoms with Crippen LogP contribution in [0.4, 0.5) is 5.82 Å².